The Kier molecular flexibility index (Phi) is 6.62. The lowest BCUT2D eigenvalue weighted by Crippen LogP contribution is -2.01. The number of hydrogen-bond donors (Lipinski definition) is 1. The summed E-state index contributed by atoms with van der Waals surface area (Å²) in [5, 5.41) is 9.59. The molecule has 0 heterocycles. The van der Waals surface area contributed by atoms with Crippen LogP contribution in [0.4, 0.5) is 0 Å². The van der Waals surface area contributed by atoms with Gasteiger partial charge in [-0.1, -0.05) is 67.8 Å². The van der Waals surface area contributed by atoms with Crippen LogP contribution in [0.25, 0.3) is 11.6 Å². The Morgan fingerprint density at radius 3 is 2.46 bits per heavy atom. The van der Waals surface area contributed by atoms with Crippen molar-refractivity contribution < 1.29 is 14.6 Å². The highest BCUT2D eigenvalue weighted by atomic mass is 16.5. The zero-order valence-electron chi connectivity index (χ0n) is 14.3. The molecule has 0 radical (unpaired) electrons. The van der Waals surface area contributed by atoms with Crippen LogP contribution in [-0.4, -0.2) is 17.7 Å². The number of benzene rings is 2. The number of para-hydroxylation sites is 1. The van der Waals surface area contributed by atoms with Crippen molar-refractivity contribution in [1.82, 2.24) is 0 Å². The number of ether oxygens (including phenoxy) is 1. The summed E-state index contributed by atoms with van der Waals surface area (Å²) in [6, 6.07) is 15.1. The van der Waals surface area contributed by atoms with E-state index < -0.39 is 5.97 Å². The molecule has 2 rings (SSSR count). The summed E-state index contributed by atoms with van der Waals surface area (Å²) in [5.74, 6) is -0.223. The highest BCUT2D eigenvalue weighted by molar-refractivity contribution is 6.20. The number of hydrogen-bond acceptors (Lipinski definition) is 2. The molecule has 0 fully saturated rings. The van der Waals surface area contributed by atoms with Crippen molar-refractivity contribution in [3.05, 3.63) is 65.2 Å². The molecule has 0 aliphatic rings. The standard InChI is InChI=1S/C21H24O3/c1-3-4-7-14-24-20-9-6-5-8-18(20)15-19(21(22)23)17-12-10-16(2)11-13-17/h5-6,8-13,15H,3-4,7,14H2,1-2H3,(H,22,23)/b19-15-. The third kappa shape index (κ3) is 4.98. The second-order valence-corrected chi connectivity index (χ2v) is 5.82. The Morgan fingerprint density at radius 2 is 1.79 bits per heavy atom. The molecule has 0 aliphatic carbocycles. The van der Waals surface area contributed by atoms with Crippen LogP contribution >= 0.6 is 0 Å². The number of carboxylic acids is 1. The molecule has 0 amide bonds. The highest BCUT2D eigenvalue weighted by Crippen LogP contribution is 2.25. The first-order chi connectivity index (χ1) is 11.6. The summed E-state index contributed by atoms with van der Waals surface area (Å²) < 4.78 is 5.84. The Bertz CT molecular complexity index is 699. The number of carbonyl (C=O) groups is 1. The molecule has 0 saturated carbocycles. The number of carboxylic acid groups (broad SMARTS) is 1. The van der Waals surface area contributed by atoms with Crippen molar-refractivity contribution in [1.29, 1.82) is 0 Å². The Balaban J connectivity index is 2.29. The molecule has 2 aromatic carbocycles. The summed E-state index contributed by atoms with van der Waals surface area (Å²) in [5.41, 5.74) is 2.84. The summed E-state index contributed by atoms with van der Waals surface area (Å²) >= 11 is 0. The normalized spacial score (nSPS) is 11.3. The van der Waals surface area contributed by atoms with Crippen LogP contribution in [-0.2, 0) is 4.79 Å². The molecule has 1 N–H and O–H groups in total. The minimum Gasteiger partial charge on any atom is -0.493 e. The van der Waals surface area contributed by atoms with Gasteiger partial charge in [0.1, 0.15) is 5.75 Å². The maximum Gasteiger partial charge on any atom is 0.336 e. The van der Waals surface area contributed by atoms with Gasteiger partial charge in [0.15, 0.2) is 0 Å². The zero-order chi connectivity index (χ0) is 17.4. The SMILES string of the molecule is CCCCCOc1ccccc1/C=C(\C(=O)O)c1ccc(C)cc1. The largest absolute Gasteiger partial charge is 0.493 e. The quantitative estimate of drug-likeness (QED) is 0.413. The smallest absolute Gasteiger partial charge is 0.336 e. The lowest BCUT2D eigenvalue weighted by molar-refractivity contribution is -0.130. The van der Waals surface area contributed by atoms with Gasteiger partial charge in [0.25, 0.3) is 0 Å². The fourth-order valence-corrected chi connectivity index (χ4v) is 2.42. The van der Waals surface area contributed by atoms with E-state index in [1.807, 2.05) is 55.5 Å². The Morgan fingerprint density at radius 1 is 1.08 bits per heavy atom. The predicted octanol–water partition coefficient (Wildman–Crippen LogP) is 5.19. The molecule has 0 aliphatic heterocycles. The first-order valence-electron chi connectivity index (χ1n) is 8.35. The number of rotatable bonds is 8. The van der Waals surface area contributed by atoms with E-state index in [0.29, 0.717) is 12.2 Å². The average molecular weight is 324 g/mol. The van der Waals surface area contributed by atoms with Gasteiger partial charge in [0, 0.05) is 5.56 Å². The number of unbranched alkanes of at least 4 members (excludes halogenated alkanes) is 2. The van der Waals surface area contributed by atoms with Crippen molar-refractivity contribution in [2.75, 3.05) is 6.61 Å². The molecular weight excluding hydrogens is 300 g/mol. The second-order valence-electron chi connectivity index (χ2n) is 5.82. The molecule has 24 heavy (non-hydrogen) atoms. The van der Waals surface area contributed by atoms with E-state index in [1.54, 1.807) is 6.08 Å². The predicted molar refractivity (Wildman–Crippen MR) is 98.1 cm³/mol. The molecule has 126 valence electrons. The summed E-state index contributed by atoms with van der Waals surface area (Å²) in [7, 11) is 0. The molecule has 0 spiro atoms. The van der Waals surface area contributed by atoms with E-state index >= 15 is 0 Å². The topological polar surface area (TPSA) is 46.5 Å². The lowest BCUT2D eigenvalue weighted by Gasteiger charge is -2.10. The van der Waals surface area contributed by atoms with Crippen molar-refractivity contribution in [2.24, 2.45) is 0 Å². The molecule has 0 aromatic heterocycles. The first kappa shape index (κ1) is 17.8. The van der Waals surface area contributed by atoms with E-state index in [2.05, 4.69) is 6.92 Å². The van der Waals surface area contributed by atoms with Crippen molar-refractivity contribution in [3.63, 3.8) is 0 Å². The van der Waals surface area contributed by atoms with Gasteiger partial charge in [-0.2, -0.15) is 0 Å². The van der Waals surface area contributed by atoms with Gasteiger partial charge in [-0.3, -0.25) is 0 Å². The van der Waals surface area contributed by atoms with Crippen LogP contribution in [0, 0.1) is 6.92 Å². The average Bonchev–Trinajstić information content (AvgIpc) is 2.58. The van der Waals surface area contributed by atoms with Gasteiger partial charge in [0.05, 0.1) is 12.2 Å². The van der Waals surface area contributed by atoms with E-state index in [-0.39, 0.29) is 5.57 Å². The van der Waals surface area contributed by atoms with Crippen LogP contribution in [0.15, 0.2) is 48.5 Å². The summed E-state index contributed by atoms with van der Waals surface area (Å²) in [6.45, 7) is 4.77. The van der Waals surface area contributed by atoms with Crippen LogP contribution in [0.3, 0.4) is 0 Å². The highest BCUT2D eigenvalue weighted by Gasteiger charge is 2.12. The maximum atomic E-state index is 11.7. The fraction of sp³-hybridized carbons (Fsp3) is 0.286. The molecule has 3 nitrogen and oxygen atoms in total. The van der Waals surface area contributed by atoms with Crippen LogP contribution in [0.1, 0.15) is 42.9 Å². The molecular formula is C21H24O3. The Labute approximate surface area is 143 Å². The molecule has 0 saturated heterocycles. The van der Waals surface area contributed by atoms with Crippen LogP contribution < -0.4 is 4.74 Å². The molecule has 0 bridgehead atoms. The van der Waals surface area contributed by atoms with Gasteiger partial charge in [-0.05, 0) is 31.1 Å². The van der Waals surface area contributed by atoms with Gasteiger partial charge in [-0.15, -0.1) is 0 Å². The lowest BCUT2D eigenvalue weighted by atomic mass is 10.0. The zero-order valence-corrected chi connectivity index (χ0v) is 14.3. The molecule has 0 unspecified atom stereocenters. The minimum absolute atomic E-state index is 0.264. The van der Waals surface area contributed by atoms with E-state index in [9.17, 15) is 9.90 Å². The van der Waals surface area contributed by atoms with Gasteiger partial charge >= 0.3 is 5.97 Å². The minimum atomic E-state index is -0.945. The first-order valence-corrected chi connectivity index (χ1v) is 8.35. The summed E-state index contributed by atoms with van der Waals surface area (Å²) in [6.07, 6.45) is 4.95. The number of aryl methyl sites for hydroxylation is 1. The molecule has 3 heteroatoms. The van der Waals surface area contributed by atoms with E-state index in [1.165, 1.54) is 0 Å². The third-order valence-corrected chi connectivity index (χ3v) is 3.82. The number of aliphatic carboxylic acids is 1. The third-order valence-electron chi connectivity index (χ3n) is 3.82. The van der Waals surface area contributed by atoms with Gasteiger partial charge in [-0.25, -0.2) is 4.79 Å². The van der Waals surface area contributed by atoms with Crippen molar-refractivity contribution >= 4 is 17.6 Å². The molecule has 0 atom stereocenters. The summed E-state index contributed by atoms with van der Waals surface area (Å²) in [4.78, 5) is 11.7. The van der Waals surface area contributed by atoms with E-state index in [0.717, 1.165) is 36.1 Å². The molecule has 2 aromatic rings. The van der Waals surface area contributed by atoms with Gasteiger partial charge < -0.3 is 9.84 Å². The van der Waals surface area contributed by atoms with Crippen LogP contribution in [0.2, 0.25) is 0 Å². The van der Waals surface area contributed by atoms with Crippen molar-refractivity contribution in [3.8, 4) is 5.75 Å². The van der Waals surface area contributed by atoms with Crippen molar-refractivity contribution in [2.45, 2.75) is 33.1 Å². The fourth-order valence-electron chi connectivity index (χ4n) is 2.42. The monoisotopic (exact) mass is 324 g/mol. The van der Waals surface area contributed by atoms with E-state index in [4.69, 9.17) is 4.74 Å². The maximum absolute atomic E-state index is 11.7. The Hall–Kier alpha value is -2.55. The second kappa shape index (κ2) is 8.92. The van der Waals surface area contributed by atoms with Crippen LogP contribution in [0.5, 0.6) is 5.75 Å². The van der Waals surface area contributed by atoms with Gasteiger partial charge in [0.2, 0.25) is 0 Å².